The lowest BCUT2D eigenvalue weighted by Crippen LogP contribution is -2.33. The van der Waals surface area contributed by atoms with Gasteiger partial charge >= 0.3 is 0 Å². The minimum Gasteiger partial charge on any atom is -0.393 e. The Morgan fingerprint density at radius 1 is 1.38 bits per heavy atom. The smallest absolute Gasteiger partial charge is 0.267 e. The summed E-state index contributed by atoms with van der Waals surface area (Å²) in [6.07, 6.45) is 3.64. The fourth-order valence-corrected chi connectivity index (χ4v) is 3.28. The topological polar surface area (TPSA) is 54.3 Å². The van der Waals surface area contributed by atoms with E-state index >= 15 is 0 Å². The van der Waals surface area contributed by atoms with Gasteiger partial charge in [-0.3, -0.25) is 4.79 Å². The summed E-state index contributed by atoms with van der Waals surface area (Å²) >= 11 is 0. The van der Waals surface area contributed by atoms with E-state index in [2.05, 4.69) is 5.32 Å². The molecule has 2 aromatic rings. The van der Waals surface area contributed by atoms with E-state index in [1.807, 2.05) is 41.9 Å². The molecule has 0 saturated heterocycles. The molecule has 1 aromatic heterocycles. The zero-order valence-electron chi connectivity index (χ0n) is 12.4. The van der Waals surface area contributed by atoms with Crippen LogP contribution in [0.2, 0.25) is 0 Å². The van der Waals surface area contributed by atoms with Crippen LogP contribution in [0.4, 0.5) is 0 Å². The summed E-state index contributed by atoms with van der Waals surface area (Å²) in [5.41, 5.74) is 1.75. The lowest BCUT2D eigenvalue weighted by atomic mass is 9.87. The Morgan fingerprint density at radius 2 is 2.19 bits per heavy atom. The maximum atomic E-state index is 12.4. The van der Waals surface area contributed by atoms with Crippen molar-refractivity contribution in [3.05, 3.63) is 36.0 Å². The van der Waals surface area contributed by atoms with Crippen LogP contribution in [0.25, 0.3) is 10.9 Å². The molecule has 1 amide bonds. The lowest BCUT2D eigenvalue weighted by molar-refractivity contribution is 0.0868. The number of aryl methyl sites for hydroxylation is 1. The van der Waals surface area contributed by atoms with Crippen LogP contribution < -0.4 is 5.32 Å². The SMILES string of the molecule is Cn1c(C(=O)NCC2CCCC(O)C2)cc2ccccc21. The number of aromatic nitrogens is 1. The van der Waals surface area contributed by atoms with Crippen LogP contribution in [-0.2, 0) is 7.05 Å². The maximum absolute atomic E-state index is 12.4. The van der Waals surface area contributed by atoms with Gasteiger partial charge in [-0.1, -0.05) is 24.6 Å². The molecule has 0 spiro atoms. The third-order valence-electron chi connectivity index (χ3n) is 4.49. The summed E-state index contributed by atoms with van der Waals surface area (Å²) < 4.78 is 1.93. The summed E-state index contributed by atoms with van der Waals surface area (Å²) in [6.45, 7) is 0.650. The van der Waals surface area contributed by atoms with Crippen molar-refractivity contribution in [2.75, 3.05) is 6.54 Å². The molecule has 3 rings (SSSR count). The van der Waals surface area contributed by atoms with Crippen LogP contribution in [0.15, 0.2) is 30.3 Å². The number of carbonyl (C=O) groups excluding carboxylic acids is 1. The predicted octanol–water partition coefficient (Wildman–Crippen LogP) is 2.46. The van der Waals surface area contributed by atoms with Gasteiger partial charge in [-0.15, -0.1) is 0 Å². The van der Waals surface area contributed by atoms with Crippen LogP contribution in [0.1, 0.15) is 36.2 Å². The van der Waals surface area contributed by atoms with Gasteiger partial charge in [0.2, 0.25) is 0 Å². The molecule has 2 unspecified atom stereocenters. The first-order valence-corrected chi connectivity index (χ1v) is 7.66. The molecule has 4 heteroatoms. The number of amides is 1. The molecule has 0 radical (unpaired) electrons. The van der Waals surface area contributed by atoms with E-state index in [9.17, 15) is 9.90 Å². The number of fused-ring (bicyclic) bond motifs is 1. The van der Waals surface area contributed by atoms with Crippen molar-refractivity contribution < 1.29 is 9.90 Å². The van der Waals surface area contributed by atoms with E-state index in [1.54, 1.807) is 0 Å². The average molecular weight is 286 g/mol. The molecule has 1 aromatic carbocycles. The second-order valence-electron chi connectivity index (χ2n) is 6.04. The Hall–Kier alpha value is -1.81. The van der Waals surface area contributed by atoms with Crippen LogP contribution >= 0.6 is 0 Å². The fraction of sp³-hybridized carbons (Fsp3) is 0.471. The molecule has 1 aliphatic carbocycles. The first-order valence-electron chi connectivity index (χ1n) is 7.66. The summed E-state index contributed by atoms with van der Waals surface area (Å²) in [4.78, 5) is 12.4. The molecule has 2 N–H and O–H groups in total. The Bertz CT molecular complexity index is 647. The predicted molar refractivity (Wildman–Crippen MR) is 83.2 cm³/mol. The van der Waals surface area contributed by atoms with Crippen LogP contribution in [0, 0.1) is 5.92 Å². The van der Waals surface area contributed by atoms with Gasteiger partial charge in [-0.05, 0) is 37.3 Å². The summed E-state index contributed by atoms with van der Waals surface area (Å²) in [5.74, 6) is 0.362. The molecular formula is C17H22N2O2. The molecule has 2 atom stereocenters. The highest BCUT2D eigenvalue weighted by Gasteiger charge is 2.21. The number of carbonyl (C=O) groups is 1. The van der Waals surface area contributed by atoms with Gasteiger partial charge in [0.25, 0.3) is 5.91 Å². The number of nitrogens with one attached hydrogen (secondary N) is 1. The Labute approximate surface area is 124 Å². The van der Waals surface area contributed by atoms with E-state index in [0.29, 0.717) is 18.2 Å². The fourth-order valence-electron chi connectivity index (χ4n) is 3.28. The van der Waals surface area contributed by atoms with E-state index in [0.717, 1.165) is 36.6 Å². The first kappa shape index (κ1) is 14.1. The van der Waals surface area contributed by atoms with Crippen LogP contribution in [0.5, 0.6) is 0 Å². The highest BCUT2D eigenvalue weighted by molar-refractivity contribution is 5.98. The van der Waals surface area contributed by atoms with Gasteiger partial charge in [0.15, 0.2) is 0 Å². The van der Waals surface area contributed by atoms with Crippen LogP contribution in [0.3, 0.4) is 0 Å². The minimum atomic E-state index is -0.196. The molecule has 1 saturated carbocycles. The molecule has 21 heavy (non-hydrogen) atoms. The van der Waals surface area contributed by atoms with Crippen molar-refractivity contribution in [1.82, 2.24) is 9.88 Å². The van der Waals surface area contributed by atoms with Crippen molar-refractivity contribution in [3.8, 4) is 0 Å². The lowest BCUT2D eigenvalue weighted by Gasteiger charge is -2.25. The zero-order chi connectivity index (χ0) is 14.8. The quantitative estimate of drug-likeness (QED) is 0.910. The van der Waals surface area contributed by atoms with Crippen molar-refractivity contribution in [3.63, 3.8) is 0 Å². The van der Waals surface area contributed by atoms with Crippen LogP contribution in [-0.4, -0.2) is 28.2 Å². The number of aliphatic hydroxyl groups excluding tert-OH is 1. The monoisotopic (exact) mass is 286 g/mol. The van der Waals surface area contributed by atoms with Gasteiger partial charge < -0.3 is 15.0 Å². The molecule has 0 bridgehead atoms. The van der Waals surface area contributed by atoms with Gasteiger partial charge in [0, 0.05) is 24.5 Å². The van der Waals surface area contributed by atoms with Crippen molar-refractivity contribution in [2.45, 2.75) is 31.8 Å². The van der Waals surface area contributed by atoms with E-state index in [-0.39, 0.29) is 12.0 Å². The Morgan fingerprint density at radius 3 is 2.95 bits per heavy atom. The molecule has 112 valence electrons. The number of para-hydroxylation sites is 1. The van der Waals surface area contributed by atoms with Crippen molar-refractivity contribution in [2.24, 2.45) is 13.0 Å². The van der Waals surface area contributed by atoms with Gasteiger partial charge in [-0.2, -0.15) is 0 Å². The largest absolute Gasteiger partial charge is 0.393 e. The first-order chi connectivity index (χ1) is 10.1. The van der Waals surface area contributed by atoms with E-state index in [4.69, 9.17) is 0 Å². The number of hydrogen-bond donors (Lipinski definition) is 2. The van der Waals surface area contributed by atoms with E-state index < -0.39 is 0 Å². The number of benzene rings is 1. The van der Waals surface area contributed by atoms with Gasteiger partial charge in [0.05, 0.1) is 6.10 Å². The normalized spacial score (nSPS) is 22.4. The number of rotatable bonds is 3. The zero-order valence-corrected chi connectivity index (χ0v) is 12.4. The summed E-state index contributed by atoms with van der Waals surface area (Å²) in [5, 5.41) is 13.8. The number of nitrogens with zero attached hydrogens (tertiary/aromatic N) is 1. The molecule has 1 fully saturated rings. The molecule has 1 aliphatic rings. The average Bonchev–Trinajstić information content (AvgIpc) is 2.83. The minimum absolute atomic E-state index is 0.0336. The Kier molecular flexibility index (Phi) is 3.97. The maximum Gasteiger partial charge on any atom is 0.267 e. The Balaban J connectivity index is 1.68. The van der Waals surface area contributed by atoms with Gasteiger partial charge in [-0.25, -0.2) is 0 Å². The van der Waals surface area contributed by atoms with E-state index in [1.165, 1.54) is 0 Å². The number of aliphatic hydroxyl groups is 1. The standard InChI is InChI=1S/C17H22N2O2/c1-19-15-8-3-2-6-13(15)10-16(19)17(21)18-11-12-5-4-7-14(20)9-12/h2-3,6,8,10,12,14,20H,4-5,7,9,11H2,1H3,(H,18,21). The summed E-state index contributed by atoms with van der Waals surface area (Å²) in [6, 6.07) is 9.93. The molecule has 4 nitrogen and oxygen atoms in total. The third kappa shape index (κ3) is 2.95. The molecular weight excluding hydrogens is 264 g/mol. The summed E-state index contributed by atoms with van der Waals surface area (Å²) in [7, 11) is 1.92. The second kappa shape index (κ2) is 5.90. The van der Waals surface area contributed by atoms with Gasteiger partial charge in [0.1, 0.15) is 5.69 Å². The van der Waals surface area contributed by atoms with Crippen molar-refractivity contribution in [1.29, 1.82) is 0 Å². The molecule has 0 aliphatic heterocycles. The number of hydrogen-bond acceptors (Lipinski definition) is 2. The second-order valence-corrected chi connectivity index (χ2v) is 6.04. The molecule has 1 heterocycles. The highest BCUT2D eigenvalue weighted by Crippen LogP contribution is 2.24. The third-order valence-corrected chi connectivity index (χ3v) is 4.49. The highest BCUT2D eigenvalue weighted by atomic mass is 16.3. The van der Waals surface area contributed by atoms with Crippen molar-refractivity contribution >= 4 is 16.8 Å².